The van der Waals surface area contributed by atoms with E-state index >= 15 is 0 Å². The molecule has 1 aromatic rings. The quantitative estimate of drug-likeness (QED) is 0.700. The van der Waals surface area contributed by atoms with Gasteiger partial charge in [-0.1, -0.05) is 38.3 Å². The fourth-order valence-electron chi connectivity index (χ4n) is 5.19. The predicted molar refractivity (Wildman–Crippen MR) is 117 cm³/mol. The maximum Gasteiger partial charge on any atom is 0.327 e. The minimum Gasteiger partial charge on any atom is -0.352 e. The fourth-order valence-corrected chi connectivity index (χ4v) is 5.19. The molecule has 0 radical (unpaired) electrons. The van der Waals surface area contributed by atoms with Gasteiger partial charge in [0.1, 0.15) is 18.4 Å². The normalized spacial score (nSPS) is 27.0. The summed E-state index contributed by atoms with van der Waals surface area (Å²) >= 11 is 0. The molecule has 2 saturated heterocycles. The Labute approximate surface area is 188 Å². The minimum absolute atomic E-state index is 0.0356. The molecule has 4 rings (SSSR count). The van der Waals surface area contributed by atoms with E-state index in [1.807, 2.05) is 18.9 Å². The van der Waals surface area contributed by atoms with Crippen LogP contribution in [0.15, 0.2) is 24.3 Å². The van der Waals surface area contributed by atoms with Gasteiger partial charge in [-0.25, -0.2) is 19.6 Å². The molecule has 3 unspecified atom stereocenters. The van der Waals surface area contributed by atoms with Crippen molar-refractivity contribution < 1.29 is 18.8 Å². The number of halogens is 1. The highest BCUT2D eigenvalue weighted by molar-refractivity contribution is 6.02. The Morgan fingerprint density at radius 2 is 1.84 bits per heavy atom. The summed E-state index contributed by atoms with van der Waals surface area (Å²) in [4.78, 5) is 42.4. The van der Waals surface area contributed by atoms with Crippen molar-refractivity contribution in [3.63, 3.8) is 0 Å². The van der Waals surface area contributed by atoms with Gasteiger partial charge in [0.05, 0.1) is 12.6 Å². The number of hydrogen-bond acceptors (Lipinski definition) is 5. The van der Waals surface area contributed by atoms with E-state index in [0.29, 0.717) is 12.1 Å². The number of benzene rings is 1. The van der Waals surface area contributed by atoms with E-state index in [0.717, 1.165) is 25.7 Å². The van der Waals surface area contributed by atoms with Gasteiger partial charge in [-0.2, -0.15) is 0 Å². The number of imide groups is 1. The number of fused-ring (bicyclic) bond motifs is 1. The van der Waals surface area contributed by atoms with Gasteiger partial charge in [-0.05, 0) is 37.5 Å². The second-order valence-electron chi connectivity index (χ2n) is 9.00. The summed E-state index contributed by atoms with van der Waals surface area (Å²) in [7, 11) is 0. The van der Waals surface area contributed by atoms with E-state index in [4.69, 9.17) is 0 Å². The summed E-state index contributed by atoms with van der Waals surface area (Å²) in [6.45, 7) is 4.39. The molecule has 2 aliphatic heterocycles. The third kappa shape index (κ3) is 4.49. The molecule has 4 amide bonds. The average molecular weight is 446 g/mol. The summed E-state index contributed by atoms with van der Waals surface area (Å²) in [5, 5.41) is 4.92. The Bertz CT molecular complexity index is 858. The van der Waals surface area contributed by atoms with Gasteiger partial charge < -0.3 is 10.2 Å². The number of likely N-dealkylation sites (N-methyl/N-ethyl adjacent to an activating group) is 1. The first-order valence-electron chi connectivity index (χ1n) is 11.6. The Morgan fingerprint density at radius 3 is 2.50 bits per heavy atom. The number of urea groups is 1. The molecule has 1 saturated carbocycles. The number of nitrogens with one attached hydrogen (secondary N) is 2. The number of carbonyl (C=O) groups is 3. The maximum absolute atomic E-state index is 13.4. The summed E-state index contributed by atoms with van der Waals surface area (Å²) in [5.41, 5.74) is 3.94. The highest BCUT2D eigenvalue weighted by Crippen LogP contribution is 2.29. The number of hydrazine groups is 1. The molecular weight excluding hydrogens is 413 g/mol. The van der Waals surface area contributed by atoms with E-state index in [-0.39, 0.29) is 42.8 Å². The fraction of sp³-hybridized carbons (Fsp3) is 0.609. The van der Waals surface area contributed by atoms with E-state index in [1.54, 1.807) is 12.1 Å². The number of rotatable bonds is 6. The Morgan fingerprint density at radius 1 is 1.16 bits per heavy atom. The molecule has 0 aromatic heterocycles. The highest BCUT2D eigenvalue weighted by atomic mass is 19.1. The molecule has 32 heavy (non-hydrogen) atoms. The molecule has 3 fully saturated rings. The summed E-state index contributed by atoms with van der Waals surface area (Å²) in [5.74, 6) is -0.869. The van der Waals surface area contributed by atoms with Gasteiger partial charge >= 0.3 is 6.03 Å². The van der Waals surface area contributed by atoms with Crippen LogP contribution < -0.4 is 10.7 Å². The first-order valence-corrected chi connectivity index (χ1v) is 11.6. The molecule has 1 aliphatic carbocycles. The zero-order chi connectivity index (χ0) is 22.8. The molecule has 0 bridgehead atoms. The van der Waals surface area contributed by atoms with Crippen LogP contribution in [0.5, 0.6) is 0 Å². The van der Waals surface area contributed by atoms with Crippen molar-refractivity contribution in [3.05, 3.63) is 35.6 Å². The molecule has 8 nitrogen and oxygen atoms in total. The first kappa shape index (κ1) is 22.7. The summed E-state index contributed by atoms with van der Waals surface area (Å²) < 4.78 is 13.3. The monoisotopic (exact) mass is 445 g/mol. The SMILES string of the molecule is CCN1NC(C)C2C1C(=O)N(Cc1ccc(F)cc1)C(=O)N2CC(=O)NC1CCCCC1. The van der Waals surface area contributed by atoms with Crippen LogP contribution in [0.3, 0.4) is 0 Å². The zero-order valence-electron chi connectivity index (χ0n) is 18.7. The van der Waals surface area contributed by atoms with Crippen molar-refractivity contribution in [2.45, 2.75) is 76.7 Å². The topological polar surface area (TPSA) is 85.0 Å². The first-order chi connectivity index (χ1) is 15.4. The van der Waals surface area contributed by atoms with Crippen LogP contribution in [0, 0.1) is 5.82 Å². The van der Waals surface area contributed by atoms with E-state index in [9.17, 15) is 18.8 Å². The van der Waals surface area contributed by atoms with Crippen LogP contribution in [0.1, 0.15) is 51.5 Å². The van der Waals surface area contributed by atoms with Gasteiger partial charge in [0.15, 0.2) is 0 Å². The highest BCUT2D eigenvalue weighted by Gasteiger charge is 2.54. The molecule has 2 N–H and O–H groups in total. The lowest BCUT2D eigenvalue weighted by atomic mass is 9.95. The van der Waals surface area contributed by atoms with Gasteiger partial charge in [0.2, 0.25) is 5.91 Å². The predicted octanol–water partition coefficient (Wildman–Crippen LogP) is 2.00. The van der Waals surface area contributed by atoms with Crippen LogP contribution in [0.25, 0.3) is 0 Å². The number of hydrogen-bond donors (Lipinski definition) is 2. The van der Waals surface area contributed by atoms with Gasteiger partial charge in [0, 0.05) is 18.6 Å². The van der Waals surface area contributed by atoms with Crippen molar-refractivity contribution in [1.82, 2.24) is 25.6 Å². The van der Waals surface area contributed by atoms with Crippen molar-refractivity contribution in [2.75, 3.05) is 13.1 Å². The van der Waals surface area contributed by atoms with Crippen LogP contribution >= 0.6 is 0 Å². The van der Waals surface area contributed by atoms with E-state index in [2.05, 4.69) is 10.7 Å². The van der Waals surface area contributed by atoms with Gasteiger partial charge in [-0.3, -0.25) is 14.5 Å². The molecule has 0 spiro atoms. The van der Waals surface area contributed by atoms with E-state index in [1.165, 1.54) is 28.4 Å². The third-order valence-corrected chi connectivity index (χ3v) is 6.78. The second-order valence-corrected chi connectivity index (χ2v) is 9.00. The van der Waals surface area contributed by atoms with Crippen molar-refractivity contribution >= 4 is 17.8 Å². The number of nitrogens with zero attached hydrogens (tertiary/aromatic N) is 3. The van der Waals surface area contributed by atoms with Crippen LogP contribution in [0.2, 0.25) is 0 Å². The van der Waals surface area contributed by atoms with Crippen LogP contribution in [-0.4, -0.2) is 69.9 Å². The smallest absolute Gasteiger partial charge is 0.327 e. The average Bonchev–Trinajstić information content (AvgIpc) is 3.12. The van der Waals surface area contributed by atoms with E-state index < -0.39 is 18.1 Å². The lowest BCUT2D eigenvalue weighted by molar-refractivity contribution is -0.140. The lowest BCUT2D eigenvalue weighted by Crippen LogP contribution is -2.67. The summed E-state index contributed by atoms with van der Waals surface area (Å²) in [6.07, 6.45) is 5.32. The lowest BCUT2D eigenvalue weighted by Gasteiger charge is -2.43. The Hall–Kier alpha value is -2.52. The van der Waals surface area contributed by atoms with Crippen LogP contribution in [-0.2, 0) is 16.1 Å². The standard InChI is InChI=1S/C23H32FN5O3/c1-3-29-21-20(15(2)26-29)27(14-19(30)25-18-7-5-4-6-8-18)23(32)28(22(21)31)13-16-9-11-17(24)12-10-16/h9-12,15,18,20-21,26H,3-8,13-14H2,1-2H3,(H,25,30). The maximum atomic E-state index is 13.4. The summed E-state index contributed by atoms with van der Waals surface area (Å²) in [6, 6.07) is 4.25. The van der Waals surface area contributed by atoms with Crippen LogP contribution in [0.4, 0.5) is 9.18 Å². The molecule has 9 heteroatoms. The molecule has 2 heterocycles. The van der Waals surface area contributed by atoms with Crippen molar-refractivity contribution in [1.29, 1.82) is 0 Å². The Balaban J connectivity index is 1.56. The molecule has 1 aromatic carbocycles. The number of carbonyl (C=O) groups excluding carboxylic acids is 3. The minimum atomic E-state index is -0.573. The van der Waals surface area contributed by atoms with Gasteiger partial charge in [-0.15, -0.1) is 0 Å². The second kappa shape index (κ2) is 9.54. The van der Waals surface area contributed by atoms with Crippen molar-refractivity contribution in [2.24, 2.45) is 0 Å². The number of amides is 4. The molecular formula is C23H32FN5O3. The molecule has 3 aliphatic rings. The molecule has 3 atom stereocenters. The third-order valence-electron chi connectivity index (χ3n) is 6.78. The largest absolute Gasteiger partial charge is 0.352 e. The Kier molecular flexibility index (Phi) is 6.76. The molecule has 174 valence electrons. The van der Waals surface area contributed by atoms with Crippen molar-refractivity contribution in [3.8, 4) is 0 Å². The van der Waals surface area contributed by atoms with Gasteiger partial charge in [0.25, 0.3) is 5.91 Å². The zero-order valence-corrected chi connectivity index (χ0v) is 18.7.